The average molecular weight is 300 g/mol. The number of pyridine rings is 1. The van der Waals surface area contributed by atoms with Gasteiger partial charge in [0.2, 0.25) is 17.6 Å². The number of carbonyl (C=O) groups is 1. The maximum absolute atomic E-state index is 12.3. The van der Waals surface area contributed by atoms with E-state index in [2.05, 4.69) is 29.0 Å². The van der Waals surface area contributed by atoms with E-state index in [1.807, 2.05) is 17.0 Å². The highest BCUT2D eigenvalue weighted by Gasteiger charge is 2.33. The lowest BCUT2D eigenvalue weighted by molar-refractivity contribution is -0.133. The predicted molar refractivity (Wildman–Crippen MR) is 80.9 cm³/mol. The summed E-state index contributed by atoms with van der Waals surface area (Å²) in [5.74, 6) is 1.20. The number of amides is 1. The Hall–Kier alpha value is -2.24. The highest BCUT2D eigenvalue weighted by atomic mass is 16.5. The van der Waals surface area contributed by atoms with Crippen LogP contribution in [0.1, 0.15) is 39.0 Å². The number of rotatable bonds is 6. The molecule has 2 aromatic heterocycles. The first-order valence-corrected chi connectivity index (χ1v) is 7.69. The summed E-state index contributed by atoms with van der Waals surface area (Å²) in [5, 5.41) is 3.95. The summed E-state index contributed by atoms with van der Waals surface area (Å²) in [6.45, 7) is 4.12. The topological polar surface area (TPSA) is 72.1 Å². The van der Waals surface area contributed by atoms with Gasteiger partial charge >= 0.3 is 0 Å². The zero-order valence-electron chi connectivity index (χ0n) is 12.9. The lowest BCUT2D eigenvalue weighted by Crippen LogP contribution is -2.38. The van der Waals surface area contributed by atoms with Crippen LogP contribution in [0.4, 0.5) is 0 Å². The zero-order chi connectivity index (χ0) is 15.5. The Morgan fingerprint density at radius 1 is 1.36 bits per heavy atom. The van der Waals surface area contributed by atoms with Crippen LogP contribution in [0.5, 0.6) is 0 Å². The minimum absolute atomic E-state index is 0.168. The first-order valence-electron chi connectivity index (χ1n) is 7.69. The second-order valence-corrected chi connectivity index (χ2v) is 5.87. The van der Waals surface area contributed by atoms with Crippen molar-refractivity contribution in [2.45, 2.75) is 51.6 Å². The lowest BCUT2D eigenvalue weighted by Gasteiger charge is -2.26. The molecular weight excluding hydrogens is 280 g/mol. The van der Waals surface area contributed by atoms with Crippen LogP contribution < -0.4 is 0 Å². The molecule has 2 heterocycles. The molecule has 0 saturated heterocycles. The average Bonchev–Trinajstić information content (AvgIpc) is 3.22. The van der Waals surface area contributed by atoms with Crippen molar-refractivity contribution < 1.29 is 9.32 Å². The van der Waals surface area contributed by atoms with Gasteiger partial charge in [0.1, 0.15) is 0 Å². The van der Waals surface area contributed by atoms with E-state index in [9.17, 15) is 4.79 Å². The van der Waals surface area contributed by atoms with Gasteiger partial charge in [-0.3, -0.25) is 9.78 Å². The minimum Gasteiger partial charge on any atom is -0.339 e. The SMILES string of the molecule is CC(C)N(C(=O)CCc1nc(-c2ccncc2)no1)C1CC1. The van der Waals surface area contributed by atoms with Crippen molar-refractivity contribution in [3.8, 4) is 11.4 Å². The van der Waals surface area contributed by atoms with Crippen LogP contribution in [-0.2, 0) is 11.2 Å². The van der Waals surface area contributed by atoms with E-state index in [0.29, 0.717) is 30.6 Å². The third-order valence-electron chi connectivity index (χ3n) is 3.74. The molecule has 0 spiro atoms. The molecule has 22 heavy (non-hydrogen) atoms. The second-order valence-electron chi connectivity index (χ2n) is 5.87. The van der Waals surface area contributed by atoms with E-state index in [1.165, 1.54) is 0 Å². The number of nitrogens with zero attached hydrogens (tertiary/aromatic N) is 4. The Labute approximate surface area is 129 Å². The Bertz CT molecular complexity index is 633. The van der Waals surface area contributed by atoms with Gasteiger partial charge in [0.05, 0.1) is 0 Å². The smallest absolute Gasteiger partial charge is 0.227 e. The molecule has 6 heteroatoms. The molecule has 2 aromatic rings. The van der Waals surface area contributed by atoms with Gasteiger partial charge in [0, 0.05) is 42.9 Å². The molecule has 3 rings (SSSR count). The van der Waals surface area contributed by atoms with Crippen molar-refractivity contribution >= 4 is 5.91 Å². The van der Waals surface area contributed by atoms with E-state index >= 15 is 0 Å². The molecule has 1 fully saturated rings. The van der Waals surface area contributed by atoms with Crippen molar-refractivity contribution in [2.24, 2.45) is 0 Å². The first-order chi connectivity index (χ1) is 10.6. The number of carbonyl (C=O) groups excluding carboxylic acids is 1. The fourth-order valence-corrected chi connectivity index (χ4v) is 2.58. The monoisotopic (exact) mass is 300 g/mol. The zero-order valence-corrected chi connectivity index (χ0v) is 12.9. The number of aryl methyl sites for hydroxylation is 1. The van der Waals surface area contributed by atoms with Crippen molar-refractivity contribution in [3.05, 3.63) is 30.4 Å². The predicted octanol–water partition coefficient (Wildman–Crippen LogP) is 2.46. The third kappa shape index (κ3) is 3.32. The Morgan fingerprint density at radius 2 is 2.09 bits per heavy atom. The van der Waals surface area contributed by atoms with Gasteiger partial charge in [-0.2, -0.15) is 4.98 Å². The molecule has 116 valence electrons. The minimum atomic E-state index is 0.168. The molecule has 1 aliphatic rings. The molecule has 0 aliphatic heterocycles. The summed E-state index contributed by atoms with van der Waals surface area (Å²) in [4.78, 5) is 22.6. The van der Waals surface area contributed by atoms with Gasteiger partial charge in [-0.25, -0.2) is 0 Å². The van der Waals surface area contributed by atoms with Crippen LogP contribution in [0.25, 0.3) is 11.4 Å². The van der Waals surface area contributed by atoms with Crippen LogP contribution in [-0.4, -0.2) is 38.0 Å². The Kier molecular flexibility index (Phi) is 4.18. The largest absolute Gasteiger partial charge is 0.339 e. The maximum atomic E-state index is 12.3. The van der Waals surface area contributed by atoms with Crippen LogP contribution in [0.3, 0.4) is 0 Å². The normalized spacial score (nSPS) is 14.3. The number of hydrogen-bond donors (Lipinski definition) is 0. The van der Waals surface area contributed by atoms with Gasteiger partial charge in [0.25, 0.3) is 0 Å². The van der Waals surface area contributed by atoms with Crippen LogP contribution in [0.2, 0.25) is 0 Å². The molecular formula is C16H20N4O2. The summed E-state index contributed by atoms with van der Waals surface area (Å²) < 4.78 is 5.23. The fourth-order valence-electron chi connectivity index (χ4n) is 2.58. The molecule has 1 amide bonds. The summed E-state index contributed by atoms with van der Waals surface area (Å²) in [6.07, 6.45) is 6.50. The molecule has 0 bridgehead atoms. The summed E-state index contributed by atoms with van der Waals surface area (Å²) >= 11 is 0. The molecule has 0 atom stereocenters. The summed E-state index contributed by atoms with van der Waals surface area (Å²) in [6, 6.07) is 4.33. The number of hydrogen-bond acceptors (Lipinski definition) is 5. The molecule has 0 radical (unpaired) electrons. The third-order valence-corrected chi connectivity index (χ3v) is 3.74. The fraction of sp³-hybridized carbons (Fsp3) is 0.500. The quantitative estimate of drug-likeness (QED) is 0.819. The standard InChI is InChI=1S/C16H20N4O2/c1-11(2)20(13-3-4-13)15(21)6-5-14-18-16(19-22-14)12-7-9-17-10-8-12/h7-11,13H,3-6H2,1-2H3. The van der Waals surface area contributed by atoms with E-state index in [4.69, 9.17) is 4.52 Å². The molecule has 6 nitrogen and oxygen atoms in total. The molecule has 0 N–H and O–H groups in total. The molecule has 0 unspecified atom stereocenters. The van der Waals surface area contributed by atoms with Gasteiger partial charge in [0.15, 0.2) is 0 Å². The highest BCUT2D eigenvalue weighted by molar-refractivity contribution is 5.77. The van der Waals surface area contributed by atoms with Gasteiger partial charge < -0.3 is 9.42 Å². The summed E-state index contributed by atoms with van der Waals surface area (Å²) in [7, 11) is 0. The van der Waals surface area contributed by atoms with Crippen LogP contribution in [0.15, 0.2) is 29.0 Å². The van der Waals surface area contributed by atoms with E-state index < -0.39 is 0 Å². The first kappa shape index (κ1) is 14.7. The number of aromatic nitrogens is 3. The van der Waals surface area contributed by atoms with E-state index in [-0.39, 0.29) is 11.9 Å². The molecule has 1 saturated carbocycles. The van der Waals surface area contributed by atoms with Crippen LogP contribution >= 0.6 is 0 Å². The second kappa shape index (κ2) is 6.25. The molecule has 0 aromatic carbocycles. The van der Waals surface area contributed by atoms with Gasteiger partial charge in [-0.15, -0.1) is 0 Å². The van der Waals surface area contributed by atoms with Crippen molar-refractivity contribution in [1.82, 2.24) is 20.0 Å². The van der Waals surface area contributed by atoms with Crippen molar-refractivity contribution in [2.75, 3.05) is 0 Å². The van der Waals surface area contributed by atoms with Crippen molar-refractivity contribution in [1.29, 1.82) is 0 Å². The van der Waals surface area contributed by atoms with Crippen LogP contribution in [0, 0.1) is 0 Å². The van der Waals surface area contributed by atoms with E-state index in [1.54, 1.807) is 12.4 Å². The lowest BCUT2D eigenvalue weighted by atomic mass is 10.2. The Balaban J connectivity index is 1.60. The maximum Gasteiger partial charge on any atom is 0.227 e. The van der Waals surface area contributed by atoms with Gasteiger partial charge in [-0.1, -0.05) is 5.16 Å². The highest BCUT2D eigenvalue weighted by Crippen LogP contribution is 2.29. The van der Waals surface area contributed by atoms with Gasteiger partial charge in [-0.05, 0) is 38.8 Å². The van der Waals surface area contributed by atoms with Crippen molar-refractivity contribution in [3.63, 3.8) is 0 Å². The summed E-state index contributed by atoms with van der Waals surface area (Å²) in [5.41, 5.74) is 0.859. The van der Waals surface area contributed by atoms with E-state index in [0.717, 1.165) is 18.4 Å². The molecule has 1 aliphatic carbocycles. The Morgan fingerprint density at radius 3 is 2.73 bits per heavy atom.